The van der Waals surface area contributed by atoms with E-state index in [1.165, 1.54) is 11.9 Å². The minimum atomic E-state index is -1.17. The highest BCUT2D eigenvalue weighted by Gasteiger charge is 2.33. The highest BCUT2D eigenvalue weighted by atomic mass is 19.2. The van der Waals surface area contributed by atoms with Crippen LogP contribution >= 0.6 is 0 Å². The zero-order valence-corrected chi connectivity index (χ0v) is 11.4. The largest absolute Gasteiger partial charge is 0.398 e. The second-order valence-electron chi connectivity index (χ2n) is 4.56. The first-order valence-electron chi connectivity index (χ1n) is 6.30. The lowest BCUT2D eigenvalue weighted by Crippen LogP contribution is -2.55. The van der Waals surface area contributed by atoms with Crippen LogP contribution in [0.5, 0.6) is 0 Å². The van der Waals surface area contributed by atoms with Crippen molar-refractivity contribution in [1.29, 1.82) is 0 Å². The number of ether oxygens (including phenoxy) is 1. The SMILES string of the molecule is CNC(=O)C1COCCN1C(=O)c1cc(F)c(F)cc1N. The van der Waals surface area contributed by atoms with Gasteiger partial charge in [0.1, 0.15) is 6.04 Å². The summed E-state index contributed by atoms with van der Waals surface area (Å²) in [6.45, 7) is 0.452. The average molecular weight is 299 g/mol. The Morgan fingerprint density at radius 1 is 1.38 bits per heavy atom. The van der Waals surface area contributed by atoms with Crippen molar-refractivity contribution in [1.82, 2.24) is 10.2 Å². The van der Waals surface area contributed by atoms with Gasteiger partial charge in [0.2, 0.25) is 5.91 Å². The number of halogens is 2. The highest BCUT2D eigenvalue weighted by molar-refractivity contribution is 6.01. The van der Waals surface area contributed by atoms with Crippen LogP contribution in [0, 0.1) is 11.6 Å². The third-order valence-corrected chi connectivity index (χ3v) is 3.26. The van der Waals surface area contributed by atoms with Crippen molar-refractivity contribution < 1.29 is 23.1 Å². The van der Waals surface area contributed by atoms with Crippen LogP contribution in [0.3, 0.4) is 0 Å². The predicted molar refractivity (Wildman–Crippen MR) is 70.5 cm³/mol. The molecule has 2 rings (SSSR count). The number of nitrogens with one attached hydrogen (secondary N) is 1. The quantitative estimate of drug-likeness (QED) is 0.761. The molecule has 0 spiro atoms. The summed E-state index contributed by atoms with van der Waals surface area (Å²) >= 11 is 0. The summed E-state index contributed by atoms with van der Waals surface area (Å²) in [5, 5.41) is 2.43. The summed E-state index contributed by atoms with van der Waals surface area (Å²) in [6.07, 6.45) is 0. The van der Waals surface area contributed by atoms with Crippen molar-refractivity contribution in [2.24, 2.45) is 0 Å². The van der Waals surface area contributed by atoms with Gasteiger partial charge in [0.15, 0.2) is 11.6 Å². The number of anilines is 1. The van der Waals surface area contributed by atoms with Gasteiger partial charge in [0.05, 0.1) is 18.8 Å². The molecule has 1 unspecified atom stereocenters. The summed E-state index contributed by atoms with van der Waals surface area (Å²) in [5.74, 6) is -3.33. The molecule has 0 bridgehead atoms. The van der Waals surface area contributed by atoms with E-state index in [0.717, 1.165) is 12.1 Å². The van der Waals surface area contributed by atoms with E-state index in [9.17, 15) is 18.4 Å². The van der Waals surface area contributed by atoms with Crippen molar-refractivity contribution in [3.63, 3.8) is 0 Å². The van der Waals surface area contributed by atoms with E-state index in [1.54, 1.807) is 0 Å². The van der Waals surface area contributed by atoms with Crippen LogP contribution in [0.2, 0.25) is 0 Å². The van der Waals surface area contributed by atoms with Gasteiger partial charge in [0.25, 0.3) is 5.91 Å². The first-order chi connectivity index (χ1) is 9.95. The zero-order valence-electron chi connectivity index (χ0n) is 11.4. The number of rotatable bonds is 2. The summed E-state index contributed by atoms with van der Waals surface area (Å²) in [4.78, 5) is 25.4. The van der Waals surface area contributed by atoms with E-state index >= 15 is 0 Å². The van der Waals surface area contributed by atoms with E-state index < -0.39 is 29.5 Å². The molecule has 1 aliphatic rings. The Morgan fingerprint density at radius 3 is 2.71 bits per heavy atom. The van der Waals surface area contributed by atoms with Crippen LogP contribution in [0.25, 0.3) is 0 Å². The number of hydrogen-bond acceptors (Lipinski definition) is 4. The molecule has 1 aromatic rings. The molecule has 0 radical (unpaired) electrons. The summed E-state index contributed by atoms with van der Waals surface area (Å²) in [5.41, 5.74) is 5.21. The lowest BCUT2D eigenvalue weighted by atomic mass is 10.1. The predicted octanol–water partition coefficient (Wildman–Crippen LogP) is 0.134. The normalized spacial score (nSPS) is 18.4. The Kier molecular flexibility index (Phi) is 4.37. The number of carbonyl (C=O) groups excluding carboxylic acids is 2. The second-order valence-corrected chi connectivity index (χ2v) is 4.56. The molecule has 6 nitrogen and oxygen atoms in total. The van der Waals surface area contributed by atoms with E-state index in [1.807, 2.05) is 0 Å². The molecule has 1 saturated heterocycles. The maximum Gasteiger partial charge on any atom is 0.256 e. The molecule has 3 N–H and O–H groups in total. The lowest BCUT2D eigenvalue weighted by molar-refractivity contribution is -0.130. The van der Waals surface area contributed by atoms with Crippen LogP contribution in [0.4, 0.5) is 14.5 Å². The van der Waals surface area contributed by atoms with Crippen LogP contribution in [0.1, 0.15) is 10.4 Å². The molecule has 1 aliphatic heterocycles. The number of amides is 2. The van der Waals surface area contributed by atoms with E-state index in [-0.39, 0.29) is 31.0 Å². The maximum atomic E-state index is 13.3. The first kappa shape index (κ1) is 15.2. The van der Waals surface area contributed by atoms with E-state index in [0.29, 0.717) is 0 Å². The molecule has 1 heterocycles. The molecule has 21 heavy (non-hydrogen) atoms. The third-order valence-electron chi connectivity index (χ3n) is 3.26. The number of carbonyl (C=O) groups is 2. The topological polar surface area (TPSA) is 84.7 Å². The standard InChI is InChI=1S/C13H15F2N3O3/c1-17-12(19)11-6-21-3-2-18(11)13(20)7-4-8(14)9(15)5-10(7)16/h4-5,11H,2-3,6,16H2,1H3,(H,17,19). The van der Waals surface area contributed by atoms with Crippen LogP contribution < -0.4 is 11.1 Å². The summed E-state index contributed by atoms with van der Waals surface area (Å²) in [7, 11) is 1.44. The Hall–Kier alpha value is -2.22. The second kappa shape index (κ2) is 6.04. The third kappa shape index (κ3) is 2.94. The van der Waals surface area contributed by atoms with Gasteiger partial charge in [-0.2, -0.15) is 0 Å². The zero-order chi connectivity index (χ0) is 15.6. The minimum absolute atomic E-state index is 0.0367. The van der Waals surface area contributed by atoms with Gasteiger partial charge >= 0.3 is 0 Å². The number of morpholine rings is 1. The van der Waals surface area contributed by atoms with Gasteiger partial charge < -0.3 is 20.7 Å². The van der Waals surface area contributed by atoms with Crippen LogP contribution in [0.15, 0.2) is 12.1 Å². The fourth-order valence-corrected chi connectivity index (χ4v) is 2.13. The average Bonchev–Trinajstić information content (AvgIpc) is 2.49. The Balaban J connectivity index is 2.33. The molecule has 0 saturated carbocycles. The number of benzene rings is 1. The molecule has 114 valence electrons. The van der Waals surface area contributed by atoms with Gasteiger partial charge in [-0.25, -0.2) is 8.78 Å². The van der Waals surface area contributed by atoms with Gasteiger partial charge in [-0.05, 0) is 6.07 Å². The molecular weight excluding hydrogens is 284 g/mol. The summed E-state index contributed by atoms with van der Waals surface area (Å²) < 4.78 is 31.5. The Bertz CT molecular complexity index is 580. The van der Waals surface area contributed by atoms with E-state index in [2.05, 4.69) is 5.32 Å². The number of nitrogens with two attached hydrogens (primary N) is 1. The maximum absolute atomic E-state index is 13.3. The van der Waals surface area contributed by atoms with Gasteiger partial charge in [0, 0.05) is 25.3 Å². The fourth-order valence-electron chi connectivity index (χ4n) is 2.13. The number of hydrogen-bond donors (Lipinski definition) is 2. The molecule has 1 aromatic carbocycles. The molecular formula is C13H15F2N3O3. The van der Waals surface area contributed by atoms with Crippen molar-refractivity contribution in [3.05, 3.63) is 29.3 Å². The first-order valence-corrected chi connectivity index (χ1v) is 6.30. The monoisotopic (exact) mass is 299 g/mol. The van der Waals surface area contributed by atoms with E-state index in [4.69, 9.17) is 10.5 Å². The number of likely N-dealkylation sites (N-methyl/N-ethyl adjacent to an activating group) is 1. The highest BCUT2D eigenvalue weighted by Crippen LogP contribution is 2.21. The van der Waals surface area contributed by atoms with Crippen molar-refractivity contribution in [3.8, 4) is 0 Å². The number of nitrogens with zero attached hydrogens (tertiary/aromatic N) is 1. The van der Waals surface area contributed by atoms with Crippen LogP contribution in [-0.2, 0) is 9.53 Å². The molecule has 2 amide bonds. The molecule has 8 heteroatoms. The fraction of sp³-hybridized carbons (Fsp3) is 0.385. The van der Waals surface area contributed by atoms with Gasteiger partial charge in [-0.15, -0.1) is 0 Å². The lowest BCUT2D eigenvalue weighted by Gasteiger charge is -2.34. The van der Waals surface area contributed by atoms with Crippen molar-refractivity contribution in [2.75, 3.05) is 32.5 Å². The molecule has 1 fully saturated rings. The molecule has 0 aliphatic carbocycles. The van der Waals surface area contributed by atoms with Crippen LogP contribution in [-0.4, -0.2) is 49.6 Å². The van der Waals surface area contributed by atoms with Gasteiger partial charge in [-0.3, -0.25) is 9.59 Å². The Labute approximate surface area is 119 Å². The van der Waals surface area contributed by atoms with Crippen molar-refractivity contribution >= 4 is 17.5 Å². The van der Waals surface area contributed by atoms with Crippen molar-refractivity contribution in [2.45, 2.75) is 6.04 Å². The smallest absolute Gasteiger partial charge is 0.256 e. The molecule has 0 aromatic heterocycles. The summed E-state index contributed by atoms with van der Waals surface area (Å²) in [6, 6.07) is 0.658. The van der Waals surface area contributed by atoms with Gasteiger partial charge in [-0.1, -0.05) is 0 Å². The number of nitrogen functional groups attached to an aromatic ring is 1. The minimum Gasteiger partial charge on any atom is -0.398 e. The Morgan fingerprint density at radius 2 is 2.05 bits per heavy atom. The molecule has 1 atom stereocenters.